The molecule has 122 valence electrons. The number of H-pyrrole nitrogens is 1. The van der Waals surface area contributed by atoms with Crippen molar-refractivity contribution in [3.8, 4) is 0 Å². The average molecular weight is 328 g/mol. The summed E-state index contributed by atoms with van der Waals surface area (Å²) in [5.41, 5.74) is -0.111. The fourth-order valence-corrected chi connectivity index (χ4v) is 5.69. The second-order valence-electron chi connectivity index (χ2n) is 6.42. The first-order valence-electron chi connectivity index (χ1n) is 7.12. The number of carboxylic acid groups (broad SMARTS) is 1. The van der Waals surface area contributed by atoms with Gasteiger partial charge in [0.25, 0.3) is 0 Å². The number of sulfonamides is 1. The lowest BCUT2D eigenvalue weighted by molar-refractivity contribution is -0.148. The lowest BCUT2D eigenvalue weighted by Crippen LogP contribution is -2.41. The van der Waals surface area contributed by atoms with Crippen LogP contribution in [0.1, 0.15) is 11.4 Å². The van der Waals surface area contributed by atoms with Gasteiger partial charge in [-0.25, -0.2) is 8.42 Å². The number of aliphatic carboxylic acids is 1. The van der Waals surface area contributed by atoms with E-state index in [1.54, 1.807) is 13.8 Å². The number of carboxylic acids is 1. The van der Waals surface area contributed by atoms with Gasteiger partial charge in [0, 0.05) is 32.1 Å². The number of rotatable bonds is 3. The molecule has 0 radical (unpaired) electrons. The summed E-state index contributed by atoms with van der Waals surface area (Å²) in [4.78, 5) is 13.9. The topological polar surface area (TPSA) is 107 Å². The zero-order chi connectivity index (χ0) is 16.3. The largest absolute Gasteiger partial charge is 0.481 e. The van der Waals surface area contributed by atoms with Gasteiger partial charge in [-0.05, 0) is 20.9 Å². The van der Waals surface area contributed by atoms with Crippen molar-refractivity contribution in [3.05, 3.63) is 11.4 Å². The Morgan fingerprint density at radius 2 is 2.05 bits per heavy atom. The molecule has 0 aromatic carbocycles. The second kappa shape index (κ2) is 4.77. The van der Waals surface area contributed by atoms with Crippen molar-refractivity contribution in [2.24, 2.45) is 11.3 Å². The number of nitrogens with zero attached hydrogens (tertiary/aromatic N) is 3. The predicted molar refractivity (Wildman–Crippen MR) is 77.9 cm³/mol. The van der Waals surface area contributed by atoms with E-state index >= 15 is 0 Å². The zero-order valence-electron chi connectivity index (χ0n) is 12.8. The summed E-state index contributed by atoms with van der Waals surface area (Å²) in [6, 6.07) is 0. The van der Waals surface area contributed by atoms with Crippen LogP contribution < -0.4 is 0 Å². The minimum Gasteiger partial charge on any atom is -0.481 e. The summed E-state index contributed by atoms with van der Waals surface area (Å²) in [5.74, 6) is -1.10. The average Bonchev–Trinajstić information content (AvgIpc) is 3.00. The fourth-order valence-electron chi connectivity index (χ4n) is 3.81. The molecule has 0 unspecified atom stereocenters. The highest BCUT2D eigenvalue weighted by atomic mass is 32.2. The number of hydrogen-bond acceptors (Lipinski definition) is 5. The molecule has 3 heterocycles. The Labute approximate surface area is 129 Å². The lowest BCUT2D eigenvalue weighted by atomic mass is 9.81. The summed E-state index contributed by atoms with van der Waals surface area (Å²) in [5, 5.41) is 16.3. The van der Waals surface area contributed by atoms with Gasteiger partial charge >= 0.3 is 5.97 Å². The molecule has 9 heteroatoms. The van der Waals surface area contributed by atoms with Crippen LogP contribution in [0.15, 0.2) is 4.90 Å². The number of likely N-dealkylation sites (tertiary alicyclic amines) is 1. The van der Waals surface area contributed by atoms with Crippen LogP contribution in [0.4, 0.5) is 0 Å². The van der Waals surface area contributed by atoms with Gasteiger partial charge in [0.2, 0.25) is 10.0 Å². The highest BCUT2D eigenvalue weighted by Gasteiger charge is 2.59. The monoisotopic (exact) mass is 328 g/mol. The first kappa shape index (κ1) is 15.4. The zero-order valence-corrected chi connectivity index (χ0v) is 13.6. The molecule has 0 amide bonds. The first-order chi connectivity index (χ1) is 10.2. The number of aryl methyl sites for hydroxylation is 2. The maximum atomic E-state index is 12.9. The van der Waals surface area contributed by atoms with E-state index in [-0.39, 0.29) is 23.9 Å². The van der Waals surface area contributed by atoms with Crippen molar-refractivity contribution in [2.75, 3.05) is 33.2 Å². The Morgan fingerprint density at radius 3 is 2.55 bits per heavy atom. The fraction of sp³-hybridized carbons (Fsp3) is 0.692. The van der Waals surface area contributed by atoms with Gasteiger partial charge in [0.15, 0.2) is 0 Å². The quantitative estimate of drug-likeness (QED) is 0.786. The molecule has 2 fully saturated rings. The molecule has 1 aromatic heterocycles. The Morgan fingerprint density at radius 1 is 1.36 bits per heavy atom. The lowest BCUT2D eigenvalue weighted by Gasteiger charge is -2.24. The molecule has 2 aliphatic rings. The standard InChI is InChI=1S/C13H20N4O4S/c1-8-11(9(2)15-14-8)22(20,21)17-5-10-4-16(3)6-13(10,7-17)12(18)19/h10H,4-7H2,1-3H3,(H,14,15)(H,18,19)/t10-,13-/m0/s1. The maximum absolute atomic E-state index is 12.9. The second-order valence-corrected chi connectivity index (χ2v) is 8.29. The van der Waals surface area contributed by atoms with Crippen LogP contribution in [0.5, 0.6) is 0 Å². The van der Waals surface area contributed by atoms with Crippen LogP contribution in [0, 0.1) is 25.2 Å². The third kappa shape index (κ3) is 1.99. The molecular weight excluding hydrogens is 308 g/mol. The highest BCUT2D eigenvalue weighted by Crippen LogP contribution is 2.44. The Kier molecular flexibility index (Phi) is 3.35. The molecule has 0 saturated carbocycles. The SMILES string of the molecule is Cc1n[nH]c(C)c1S(=O)(=O)N1C[C@@H]2CN(C)C[C@]2(C(=O)O)C1. The van der Waals surface area contributed by atoms with E-state index in [0.717, 1.165) is 0 Å². The number of hydrogen-bond donors (Lipinski definition) is 2. The molecular formula is C13H20N4O4S. The van der Waals surface area contributed by atoms with Crippen LogP contribution in [0.3, 0.4) is 0 Å². The molecule has 22 heavy (non-hydrogen) atoms. The van der Waals surface area contributed by atoms with Crippen molar-refractivity contribution < 1.29 is 18.3 Å². The molecule has 0 bridgehead atoms. The maximum Gasteiger partial charge on any atom is 0.312 e. The van der Waals surface area contributed by atoms with Crippen molar-refractivity contribution in [1.82, 2.24) is 19.4 Å². The summed E-state index contributed by atoms with van der Waals surface area (Å²) in [6.07, 6.45) is 0. The van der Waals surface area contributed by atoms with Gasteiger partial charge in [0.1, 0.15) is 4.90 Å². The van der Waals surface area contributed by atoms with E-state index in [4.69, 9.17) is 0 Å². The van der Waals surface area contributed by atoms with E-state index in [1.807, 2.05) is 11.9 Å². The molecule has 0 aliphatic carbocycles. The van der Waals surface area contributed by atoms with Gasteiger partial charge < -0.3 is 10.0 Å². The van der Waals surface area contributed by atoms with Gasteiger partial charge in [0.05, 0.1) is 16.8 Å². The molecule has 2 aliphatic heterocycles. The van der Waals surface area contributed by atoms with Crippen LogP contribution in [0.25, 0.3) is 0 Å². The molecule has 2 saturated heterocycles. The number of aromatic nitrogens is 2. The molecule has 1 aromatic rings. The number of nitrogens with one attached hydrogen (secondary N) is 1. The minimum atomic E-state index is -3.73. The van der Waals surface area contributed by atoms with Crippen molar-refractivity contribution in [3.63, 3.8) is 0 Å². The third-order valence-electron chi connectivity index (χ3n) is 4.83. The third-order valence-corrected chi connectivity index (χ3v) is 6.91. The predicted octanol–water partition coefficient (Wildman–Crippen LogP) is -0.337. The summed E-state index contributed by atoms with van der Waals surface area (Å²) in [6.45, 7) is 4.52. The Balaban J connectivity index is 1.98. The van der Waals surface area contributed by atoms with Gasteiger partial charge in [-0.1, -0.05) is 0 Å². The van der Waals surface area contributed by atoms with E-state index in [9.17, 15) is 18.3 Å². The molecule has 0 spiro atoms. The van der Waals surface area contributed by atoms with Crippen LogP contribution in [-0.4, -0.2) is 72.1 Å². The summed E-state index contributed by atoms with van der Waals surface area (Å²) < 4.78 is 27.1. The van der Waals surface area contributed by atoms with Crippen LogP contribution >= 0.6 is 0 Å². The van der Waals surface area contributed by atoms with Gasteiger partial charge in [-0.15, -0.1) is 0 Å². The minimum absolute atomic E-state index is 0.0176. The van der Waals surface area contributed by atoms with Gasteiger partial charge in [-0.3, -0.25) is 9.89 Å². The Bertz CT molecular complexity index is 709. The smallest absolute Gasteiger partial charge is 0.312 e. The summed E-state index contributed by atoms with van der Waals surface area (Å²) >= 11 is 0. The van der Waals surface area contributed by atoms with E-state index in [1.165, 1.54) is 4.31 Å². The van der Waals surface area contributed by atoms with E-state index in [0.29, 0.717) is 24.5 Å². The van der Waals surface area contributed by atoms with Crippen LogP contribution in [0.2, 0.25) is 0 Å². The van der Waals surface area contributed by atoms with Crippen molar-refractivity contribution in [1.29, 1.82) is 0 Å². The van der Waals surface area contributed by atoms with E-state index < -0.39 is 21.4 Å². The summed E-state index contributed by atoms with van der Waals surface area (Å²) in [7, 11) is -1.86. The Hall–Kier alpha value is -1.45. The molecule has 2 N–H and O–H groups in total. The van der Waals surface area contributed by atoms with Crippen molar-refractivity contribution in [2.45, 2.75) is 18.7 Å². The normalized spacial score (nSPS) is 29.9. The number of carbonyl (C=O) groups is 1. The molecule has 2 atom stereocenters. The first-order valence-corrected chi connectivity index (χ1v) is 8.56. The van der Waals surface area contributed by atoms with Crippen LogP contribution in [-0.2, 0) is 14.8 Å². The van der Waals surface area contributed by atoms with E-state index in [2.05, 4.69) is 10.2 Å². The van der Waals surface area contributed by atoms with Crippen molar-refractivity contribution >= 4 is 16.0 Å². The number of aromatic amines is 1. The highest BCUT2D eigenvalue weighted by molar-refractivity contribution is 7.89. The molecule has 8 nitrogen and oxygen atoms in total. The number of fused-ring (bicyclic) bond motifs is 1. The van der Waals surface area contributed by atoms with Gasteiger partial charge in [-0.2, -0.15) is 9.40 Å². The molecule has 3 rings (SSSR count).